The second-order valence-electron chi connectivity index (χ2n) is 5.89. The Balaban J connectivity index is 1.44. The Kier molecular flexibility index (Phi) is 6.41. The van der Waals surface area contributed by atoms with E-state index in [-0.39, 0.29) is 19.1 Å². The van der Waals surface area contributed by atoms with Crippen LogP contribution in [0.2, 0.25) is 0 Å². The predicted molar refractivity (Wildman–Crippen MR) is 103 cm³/mol. The fourth-order valence-corrected chi connectivity index (χ4v) is 2.49. The molecular formula is C21H21N3O4. The van der Waals surface area contributed by atoms with Crippen molar-refractivity contribution in [2.45, 2.75) is 13.5 Å². The lowest BCUT2D eigenvalue weighted by molar-refractivity contribution is -0.143. The molecule has 3 aromatic rings. The van der Waals surface area contributed by atoms with Crippen LogP contribution in [0.3, 0.4) is 0 Å². The van der Waals surface area contributed by atoms with Gasteiger partial charge in [0.1, 0.15) is 24.6 Å². The average molecular weight is 379 g/mol. The van der Waals surface area contributed by atoms with E-state index in [1.54, 1.807) is 41.2 Å². The first-order chi connectivity index (χ1) is 13.7. The summed E-state index contributed by atoms with van der Waals surface area (Å²) in [5, 5.41) is 6.90. The van der Waals surface area contributed by atoms with Crippen molar-refractivity contribution in [3.8, 4) is 11.4 Å². The van der Waals surface area contributed by atoms with Gasteiger partial charge in [0.05, 0.1) is 12.3 Å². The molecule has 1 amide bonds. The molecule has 144 valence electrons. The van der Waals surface area contributed by atoms with Crippen molar-refractivity contribution >= 4 is 11.9 Å². The molecule has 7 nitrogen and oxygen atoms in total. The number of benzene rings is 2. The standard InChI is InChI=1S/C21H21N3O4/c1-2-27-19-10-8-16(9-11-19)21(26)22-14-20(25)28-15-17-12-13-24(23-17)18-6-4-3-5-7-18/h3-13H,2,14-15H2,1H3,(H,22,26). The number of carbonyl (C=O) groups excluding carboxylic acids is 2. The number of aromatic nitrogens is 2. The Morgan fingerprint density at radius 1 is 1.04 bits per heavy atom. The third-order valence-corrected chi connectivity index (χ3v) is 3.87. The number of rotatable bonds is 8. The quantitative estimate of drug-likeness (QED) is 0.609. The summed E-state index contributed by atoms with van der Waals surface area (Å²) in [5.74, 6) is -0.199. The van der Waals surface area contributed by atoms with E-state index in [0.29, 0.717) is 23.6 Å². The third-order valence-electron chi connectivity index (χ3n) is 3.87. The molecule has 0 aliphatic rings. The Bertz CT molecular complexity index is 920. The van der Waals surface area contributed by atoms with E-state index in [4.69, 9.17) is 9.47 Å². The highest BCUT2D eigenvalue weighted by atomic mass is 16.5. The van der Waals surface area contributed by atoms with Gasteiger partial charge in [-0.2, -0.15) is 5.10 Å². The van der Waals surface area contributed by atoms with Crippen molar-refractivity contribution < 1.29 is 19.1 Å². The van der Waals surface area contributed by atoms with Gasteiger partial charge in [-0.1, -0.05) is 18.2 Å². The summed E-state index contributed by atoms with van der Waals surface area (Å²) in [7, 11) is 0. The molecule has 0 aliphatic heterocycles. The lowest BCUT2D eigenvalue weighted by Gasteiger charge is -2.07. The zero-order chi connectivity index (χ0) is 19.8. The summed E-state index contributed by atoms with van der Waals surface area (Å²) in [6.07, 6.45) is 1.80. The number of amides is 1. The second-order valence-corrected chi connectivity index (χ2v) is 5.89. The summed E-state index contributed by atoms with van der Waals surface area (Å²) < 4.78 is 12.2. The molecule has 0 fully saturated rings. The maximum Gasteiger partial charge on any atom is 0.325 e. The summed E-state index contributed by atoms with van der Waals surface area (Å²) in [5.41, 5.74) is 1.98. The van der Waals surface area contributed by atoms with Crippen molar-refractivity contribution in [2.24, 2.45) is 0 Å². The topological polar surface area (TPSA) is 82.5 Å². The maximum absolute atomic E-state index is 12.1. The number of nitrogens with zero attached hydrogens (tertiary/aromatic N) is 2. The molecule has 0 radical (unpaired) electrons. The molecule has 0 bridgehead atoms. The van der Waals surface area contributed by atoms with E-state index < -0.39 is 5.97 Å². The van der Waals surface area contributed by atoms with Crippen molar-refractivity contribution in [1.29, 1.82) is 0 Å². The highest BCUT2D eigenvalue weighted by molar-refractivity contribution is 5.96. The first-order valence-electron chi connectivity index (χ1n) is 8.92. The molecule has 0 saturated carbocycles. The Morgan fingerprint density at radius 2 is 1.79 bits per heavy atom. The van der Waals surface area contributed by atoms with Crippen LogP contribution in [0, 0.1) is 0 Å². The SMILES string of the molecule is CCOc1ccc(C(=O)NCC(=O)OCc2ccn(-c3ccccc3)n2)cc1. The van der Waals surface area contributed by atoms with Gasteiger partial charge in [-0.05, 0) is 49.4 Å². The second kappa shape index (κ2) is 9.36. The molecule has 2 aromatic carbocycles. The minimum absolute atomic E-state index is 0.0393. The van der Waals surface area contributed by atoms with Gasteiger partial charge in [0.15, 0.2) is 0 Å². The zero-order valence-corrected chi connectivity index (χ0v) is 15.5. The average Bonchev–Trinajstić information content (AvgIpc) is 3.21. The number of nitrogens with one attached hydrogen (secondary N) is 1. The lowest BCUT2D eigenvalue weighted by Crippen LogP contribution is -2.30. The molecule has 0 saturated heterocycles. The van der Waals surface area contributed by atoms with E-state index in [2.05, 4.69) is 10.4 Å². The third kappa shape index (κ3) is 5.20. The molecular weight excluding hydrogens is 358 g/mol. The van der Waals surface area contributed by atoms with Crippen LogP contribution in [0.1, 0.15) is 23.0 Å². The van der Waals surface area contributed by atoms with Crippen LogP contribution >= 0.6 is 0 Å². The number of hydrogen-bond donors (Lipinski definition) is 1. The number of hydrogen-bond acceptors (Lipinski definition) is 5. The van der Waals surface area contributed by atoms with Gasteiger partial charge >= 0.3 is 5.97 Å². The largest absolute Gasteiger partial charge is 0.494 e. The number of esters is 1. The van der Waals surface area contributed by atoms with Gasteiger partial charge in [-0.15, -0.1) is 0 Å². The van der Waals surface area contributed by atoms with Gasteiger partial charge in [0.2, 0.25) is 0 Å². The Morgan fingerprint density at radius 3 is 2.50 bits per heavy atom. The molecule has 28 heavy (non-hydrogen) atoms. The minimum Gasteiger partial charge on any atom is -0.494 e. The van der Waals surface area contributed by atoms with Gasteiger partial charge in [-0.25, -0.2) is 4.68 Å². The molecule has 0 atom stereocenters. The van der Waals surface area contributed by atoms with Crippen LogP contribution in [0.15, 0.2) is 66.9 Å². The molecule has 1 aromatic heterocycles. The summed E-state index contributed by atoms with van der Waals surface area (Å²) in [4.78, 5) is 24.0. The van der Waals surface area contributed by atoms with Gasteiger partial charge in [0, 0.05) is 11.8 Å². The van der Waals surface area contributed by atoms with Crippen molar-refractivity contribution in [1.82, 2.24) is 15.1 Å². The van der Waals surface area contributed by atoms with Crippen LogP contribution in [0.25, 0.3) is 5.69 Å². The van der Waals surface area contributed by atoms with E-state index in [9.17, 15) is 9.59 Å². The highest BCUT2D eigenvalue weighted by Gasteiger charge is 2.10. The van der Waals surface area contributed by atoms with Crippen LogP contribution < -0.4 is 10.1 Å². The molecule has 3 rings (SSSR count). The fourth-order valence-electron chi connectivity index (χ4n) is 2.49. The molecule has 0 unspecified atom stereocenters. The van der Waals surface area contributed by atoms with Crippen LogP contribution in [0.4, 0.5) is 0 Å². The number of ether oxygens (including phenoxy) is 2. The summed E-state index contributed by atoms with van der Waals surface area (Å²) >= 11 is 0. The Hall–Kier alpha value is -3.61. The van der Waals surface area contributed by atoms with Crippen LogP contribution in [-0.4, -0.2) is 34.8 Å². The normalized spacial score (nSPS) is 10.3. The fraction of sp³-hybridized carbons (Fsp3) is 0.190. The van der Waals surface area contributed by atoms with Crippen LogP contribution in [0.5, 0.6) is 5.75 Å². The minimum atomic E-state index is -0.534. The molecule has 1 N–H and O–H groups in total. The number of para-hydroxylation sites is 1. The molecule has 7 heteroatoms. The van der Waals surface area contributed by atoms with E-state index in [1.807, 2.05) is 37.3 Å². The first kappa shape index (κ1) is 19.2. The van der Waals surface area contributed by atoms with Gasteiger partial charge < -0.3 is 14.8 Å². The molecule has 0 aliphatic carbocycles. The molecule has 1 heterocycles. The number of carbonyl (C=O) groups is 2. The van der Waals surface area contributed by atoms with Crippen molar-refractivity contribution in [2.75, 3.05) is 13.2 Å². The molecule has 0 spiro atoms. The smallest absolute Gasteiger partial charge is 0.325 e. The zero-order valence-electron chi connectivity index (χ0n) is 15.5. The van der Waals surface area contributed by atoms with Gasteiger partial charge in [0.25, 0.3) is 5.91 Å². The van der Waals surface area contributed by atoms with Crippen molar-refractivity contribution in [3.63, 3.8) is 0 Å². The van der Waals surface area contributed by atoms with E-state index in [0.717, 1.165) is 5.69 Å². The van der Waals surface area contributed by atoms with Crippen LogP contribution in [-0.2, 0) is 16.1 Å². The predicted octanol–water partition coefficient (Wildman–Crippen LogP) is 2.74. The summed E-state index contributed by atoms with van der Waals surface area (Å²) in [6, 6.07) is 18.1. The maximum atomic E-state index is 12.1. The summed E-state index contributed by atoms with van der Waals surface area (Å²) in [6.45, 7) is 2.27. The monoisotopic (exact) mass is 379 g/mol. The first-order valence-corrected chi connectivity index (χ1v) is 8.92. The highest BCUT2D eigenvalue weighted by Crippen LogP contribution is 2.12. The van der Waals surface area contributed by atoms with E-state index in [1.165, 1.54) is 0 Å². The van der Waals surface area contributed by atoms with Crippen molar-refractivity contribution in [3.05, 3.63) is 78.1 Å². The van der Waals surface area contributed by atoms with Gasteiger partial charge in [-0.3, -0.25) is 9.59 Å². The lowest BCUT2D eigenvalue weighted by atomic mass is 10.2. The van der Waals surface area contributed by atoms with E-state index >= 15 is 0 Å². The Labute approximate surface area is 162 Å².